The first-order chi connectivity index (χ1) is 13.8. The zero-order chi connectivity index (χ0) is 21.0. The number of hydrogen-bond donors (Lipinski definition) is 2. The maximum Gasteiger partial charge on any atom is 0.251 e. The van der Waals surface area contributed by atoms with Crippen LogP contribution in [0.4, 0.5) is 10.1 Å². The van der Waals surface area contributed by atoms with Gasteiger partial charge in [0.15, 0.2) is 5.16 Å². The Hall–Kier alpha value is -2.93. The van der Waals surface area contributed by atoms with E-state index in [1.165, 1.54) is 30.0 Å². The monoisotopic (exact) mass is 411 g/mol. The van der Waals surface area contributed by atoms with Crippen LogP contribution in [0.25, 0.3) is 0 Å². The van der Waals surface area contributed by atoms with E-state index >= 15 is 0 Å². The fourth-order valence-corrected chi connectivity index (χ4v) is 3.95. The summed E-state index contributed by atoms with van der Waals surface area (Å²) in [7, 11) is 0. The fraction of sp³-hybridized carbons (Fsp3) is 0.227. The van der Waals surface area contributed by atoms with E-state index in [0.29, 0.717) is 16.6 Å². The number of H-pyrrole nitrogens is 1. The predicted molar refractivity (Wildman–Crippen MR) is 114 cm³/mol. The Balaban J connectivity index is 1.68. The molecular weight excluding hydrogens is 389 g/mol. The minimum atomic E-state index is -0.313. The number of thioether (sulfide) groups is 1. The van der Waals surface area contributed by atoms with E-state index in [4.69, 9.17) is 0 Å². The fourth-order valence-electron chi connectivity index (χ4n) is 3.10. The van der Waals surface area contributed by atoms with Crippen molar-refractivity contribution >= 4 is 23.4 Å². The van der Waals surface area contributed by atoms with Gasteiger partial charge < -0.3 is 10.3 Å². The highest BCUT2D eigenvalue weighted by Gasteiger charge is 2.11. The second-order valence-corrected chi connectivity index (χ2v) is 7.92. The van der Waals surface area contributed by atoms with Crippen LogP contribution in [0.3, 0.4) is 0 Å². The quantitative estimate of drug-likeness (QED) is 0.468. The van der Waals surface area contributed by atoms with Gasteiger partial charge in [-0.25, -0.2) is 9.37 Å². The molecule has 1 aromatic heterocycles. The topological polar surface area (TPSA) is 74.8 Å². The number of hydrogen-bond acceptors (Lipinski definition) is 4. The minimum Gasteiger partial charge on any atom is -0.325 e. The molecule has 3 rings (SSSR count). The summed E-state index contributed by atoms with van der Waals surface area (Å²) in [6.07, 6.45) is 0.000778. The third-order valence-electron chi connectivity index (χ3n) is 4.34. The number of aromatic amines is 1. The van der Waals surface area contributed by atoms with Crippen molar-refractivity contribution in [3.63, 3.8) is 0 Å². The van der Waals surface area contributed by atoms with E-state index in [9.17, 15) is 14.0 Å². The van der Waals surface area contributed by atoms with Crippen molar-refractivity contribution < 1.29 is 9.18 Å². The zero-order valence-electron chi connectivity index (χ0n) is 16.5. The van der Waals surface area contributed by atoms with Crippen LogP contribution < -0.4 is 10.9 Å². The summed E-state index contributed by atoms with van der Waals surface area (Å²) in [6, 6.07) is 11.5. The van der Waals surface area contributed by atoms with Crippen molar-refractivity contribution in [1.29, 1.82) is 0 Å². The summed E-state index contributed by atoms with van der Waals surface area (Å²) in [5.41, 5.74) is 4.90. The molecule has 0 saturated heterocycles. The molecule has 1 amide bonds. The van der Waals surface area contributed by atoms with Crippen molar-refractivity contribution in [1.82, 2.24) is 9.97 Å². The summed E-state index contributed by atoms with van der Waals surface area (Å²) < 4.78 is 13.0. The van der Waals surface area contributed by atoms with Crippen LogP contribution in [0.2, 0.25) is 0 Å². The van der Waals surface area contributed by atoms with Gasteiger partial charge in [0, 0.05) is 17.5 Å². The van der Waals surface area contributed by atoms with Gasteiger partial charge in [-0.1, -0.05) is 41.6 Å². The number of aryl methyl sites for hydroxylation is 3. The molecule has 5 nitrogen and oxygen atoms in total. The number of amides is 1. The standard InChI is InChI=1S/C22H22FN3O2S/c1-13-8-14(2)21(15(3)9-13)25-19(27)10-18-11-20(28)26-22(24-18)29-12-16-4-6-17(23)7-5-16/h4-9,11H,10,12H2,1-3H3,(H,25,27)(H,24,26,28). The summed E-state index contributed by atoms with van der Waals surface area (Å²) >= 11 is 1.32. The van der Waals surface area contributed by atoms with E-state index in [1.807, 2.05) is 32.9 Å². The van der Waals surface area contributed by atoms with Crippen LogP contribution in [-0.2, 0) is 17.0 Å². The first-order valence-corrected chi connectivity index (χ1v) is 10.1. The Labute approximate surface area is 172 Å². The maximum absolute atomic E-state index is 13.0. The second-order valence-electron chi connectivity index (χ2n) is 6.96. The number of halogens is 1. The Kier molecular flexibility index (Phi) is 6.49. The molecule has 7 heteroatoms. The molecule has 0 bridgehead atoms. The maximum atomic E-state index is 13.0. The molecule has 1 heterocycles. The highest BCUT2D eigenvalue weighted by atomic mass is 32.2. The Morgan fingerprint density at radius 1 is 1.10 bits per heavy atom. The molecule has 150 valence electrons. The predicted octanol–water partition coefficient (Wildman–Crippen LogP) is 4.31. The van der Waals surface area contributed by atoms with E-state index in [0.717, 1.165) is 27.9 Å². The van der Waals surface area contributed by atoms with Gasteiger partial charge in [-0.05, 0) is 49.6 Å². The third kappa shape index (κ3) is 5.77. The van der Waals surface area contributed by atoms with Gasteiger partial charge in [0.1, 0.15) is 5.82 Å². The van der Waals surface area contributed by atoms with E-state index in [1.54, 1.807) is 12.1 Å². The average molecular weight is 412 g/mol. The molecular formula is C22H22FN3O2S. The van der Waals surface area contributed by atoms with Crippen molar-refractivity contribution in [2.24, 2.45) is 0 Å². The molecule has 0 aliphatic heterocycles. The van der Waals surface area contributed by atoms with Gasteiger partial charge in [-0.15, -0.1) is 0 Å². The first-order valence-electron chi connectivity index (χ1n) is 9.15. The van der Waals surface area contributed by atoms with Crippen molar-refractivity contribution in [2.75, 3.05) is 5.32 Å². The summed E-state index contributed by atoms with van der Waals surface area (Å²) in [5, 5.41) is 3.35. The Morgan fingerprint density at radius 2 is 1.76 bits per heavy atom. The van der Waals surface area contributed by atoms with E-state index in [-0.39, 0.29) is 23.7 Å². The van der Waals surface area contributed by atoms with Crippen molar-refractivity contribution in [3.05, 3.63) is 86.6 Å². The number of carbonyl (C=O) groups excluding carboxylic acids is 1. The summed E-state index contributed by atoms with van der Waals surface area (Å²) in [5.74, 6) is 0.00523. The molecule has 0 unspecified atom stereocenters. The van der Waals surface area contributed by atoms with Gasteiger partial charge in [0.2, 0.25) is 5.91 Å². The minimum absolute atomic E-state index is 0.000778. The number of anilines is 1. The highest BCUT2D eigenvalue weighted by molar-refractivity contribution is 7.98. The SMILES string of the molecule is Cc1cc(C)c(NC(=O)Cc2cc(=O)[nH]c(SCc3ccc(F)cc3)n2)c(C)c1. The van der Waals surface area contributed by atoms with Crippen LogP contribution in [-0.4, -0.2) is 15.9 Å². The molecule has 3 aromatic rings. The molecule has 0 radical (unpaired) electrons. The van der Waals surface area contributed by atoms with Gasteiger partial charge in [0.25, 0.3) is 5.56 Å². The van der Waals surface area contributed by atoms with Crippen LogP contribution in [0.15, 0.2) is 52.4 Å². The van der Waals surface area contributed by atoms with Gasteiger partial charge in [-0.3, -0.25) is 9.59 Å². The van der Waals surface area contributed by atoms with Crippen LogP contribution >= 0.6 is 11.8 Å². The van der Waals surface area contributed by atoms with Crippen LogP contribution in [0, 0.1) is 26.6 Å². The van der Waals surface area contributed by atoms with Gasteiger partial charge in [-0.2, -0.15) is 0 Å². The number of nitrogens with zero attached hydrogens (tertiary/aromatic N) is 1. The van der Waals surface area contributed by atoms with E-state index in [2.05, 4.69) is 15.3 Å². The number of nitrogens with one attached hydrogen (secondary N) is 2. The van der Waals surface area contributed by atoms with Gasteiger partial charge >= 0.3 is 0 Å². The lowest BCUT2D eigenvalue weighted by Crippen LogP contribution is -2.19. The molecule has 0 fully saturated rings. The molecule has 0 atom stereocenters. The lowest BCUT2D eigenvalue weighted by atomic mass is 10.0. The third-order valence-corrected chi connectivity index (χ3v) is 5.29. The number of benzene rings is 2. The zero-order valence-corrected chi connectivity index (χ0v) is 17.3. The lowest BCUT2D eigenvalue weighted by molar-refractivity contribution is -0.115. The average Bonchev–Trinajstić information content (AvgIpc) is 2.64. The first kappa shape index (κ1) is 20.8. The summed E-state index contributed by atoms with van der Waals surface area (Å²) in [6.45, 7) is 5.91. The second kappa shape index (κ2) is 9.05. The number of aromatic nitrogens is 2. The molecule has 0 saturated carbocycles. The Bertz CT molecular complexity index is 1070. The van der Waals surface area contributed by atoms with Crippen molar-refractivity contribution in [3.8, 4) is 0 Å². The molecule has 29 heavy (non-hydrogen) atoms. The van der Waals surface area contributed by atoms with Crippen LogP contribution in [0.5, 0.6) is 0 Å². The van der Waals surface area contributed by atoms with E-state index < -0.39 is 0 Å². The molecule has 0 spiro atoms. The molecule has 0 aliphatic carbocycles. The number of rotatable bonds is 6. The van der Waals surface area contributed by atoms with Crippen molar-refractivity contribution in [2.45, 2.75) is 38.1 Å². The molecule has 0 aliphatic rings. The van der Waals surface area contributed by atoms with Crippen LogP contribution in [0.1, 0.15) is 27.9 Å². The Morgan fingerprint density at radius 3 is 2.41 bits per heavy atom. The lowest BCUT2D eigenvalue weighted by Gasteiger charge is -2.13. The number of carbonyl (C=O) groups is 1. The normalized spacial score (nSPS) is 10.8. The molecule has 2 N–H and O–H groups in total. The smallest absolute Gasteiger partial charge is 0.251 e. The van der Waals surface area contributed by atoms with Gasteiger partial charge in [0.05, 0.1) is 12.1 Å². The largest absolute Gasteiger partial charge is 0.325 e. The summed E-state index contributed by atoms with van der Waals surface area (Å²) in [4.78, 5) is 31.5. The molecule has 2 aromatic carbocycles. The highest BCUT2D eigenvalue weighted by Crippen LogP contribution is 2.22.